The Morgan fingerprint density at radius 1 is 1.24 bits per heavy atom. The van der Waals surface area contributed by atoms with E-state index in [1.165, 1.54) is 0 Å². The highest BCUT2D eigenvalue weighted by molar-refractivity contribution is 5.91. The number of carbonyl (C=O) groups is 1. The molecule has 7 heteroatoms. The second kappa shape index (κ2) is 9.63. The Morgan fingerprint density at radius 2 is 1.90 bits per heavy atom. The van der Waals surface area contributed by atoms with Gasteiger partial charge >= 0.3 is 6.18 Å². The van der Waals surface area contributed by atoms with Gasteiger partial charge in [-0.2, -0.15) is 13.2 Å². The molecule has 3 nitrogen and oxygen atoms in total. The van der Waals surface area contributed by atoms with Crippen molar-refractivity contribution in [1.29, 1.82) is 0 Å². The molecule has 0 atom stereocenters. The van der Waals surface area contributed by atoms with Crippen LogP contribution in [0.15, 0.2) is 24.3 Å². The fourth-order valence-electron chi connectivity index (χ4n) is 1.78. The zero-order valence-corrected chi connectivity index (χ0v) is 12.6. The van der Waals surface area contributed by atoms with E-state index in [-0.39, 0.29) is 24.7 Å². The first-order chi connectivity index (χ1) is 9.42. The summed E-state index contributed by atoms with van der Waals surface area (Å²) in [7, 11) is 1.80. The number of benzene rings is 1. The molecule has 1 aromatic rings. The molecule has 120 valence electrons. The van der Waals surface area contributed by atoms with Gasteiger partial charge in [-0.3, -0.25) is 4.79 Å². The Kier molecular flexibility index (Phi) is 9.05. The number of halogens is 4. The quantitative estimate of drug-likeness (QED) is 0.753. The first kappa shape index (κ1) is 19.7. The van der Waals surface area contributed by atoms with Crippen molar-refractivity contribution in [2.75, 3.05) is 18.9 Å². The minimum absolute atomic E-state index is 0. The Morgan fingerprint density at radius 3 is 2.52 bits per heavy atom. The van der Waals surface area contributed by atoms with Crippen LogP contribution in [0.25, 0.3) is 0 Å². The molecule has 1 rings (SSSR count). The van der Waals surface area contributed by atoms with E-state index < -0.39 is 12.6 Å². The van der Waals surface area contributed by atoms with Crippen LogP contribution < -0.4 is 10.6 Å². The number of alkyl halides is 3. The van der Waals surface area contributed by atoms with Crippen molar-refractivity contribution in [3.8, 4) is 0 Å². The SMILES string of the molecule is CNCCCC(=O)Nc1ccccc1CCC(F)(F)F.Cl. The molecular weight excluding hydrogens is 305 g/mol. The zero-order chi connectivity index (χ0) is 15.0. The predicted octanol–water partition coefficient (Wildman–Crippen LogP) is 3.54. The largest absolute Gasteiger partial charge is 0.389 e. The Balaban J connectivity index is 0.00000400. The average Bonchev–Trinajstić information content (AvgIpc) is 2.37. The van der Waals surface area contributed by atoms with E-state index in [1.807, 2.05) is 0 Å². The molecule has 0 unspecified atom stereocenters. The van der Waals surface area contributed by atoms with Crippen LogP contribution in [0.1, 0.15) is 24.8 Å². The van der Waals surface area contributed by atoms with E-state index >= 15 is 0 Å². The Labute approximate surface area is 128 Å². The van der Waals surface area contributed by atoms with Crippen LogP contribution in [0.3, 0.4) is 0 Å². The van der Waals surface area contributed by atoms with Crippen molar-refractivity contribution in [1.82, 2.24) is 5.32 Å². The van der Waals surface area contributed by atoms with Crippen molar-refractivity contribution in [2.45, 2.75) is 31.9 Å². The van der Waals surface area contributed by atoms with Gasteiger partial charge in [0.25, 0.3) is 0 Å². The van der Waals surface area contributed by atoms with E-state index in [4.69, 9.17) is 0 Å². The van der Waals surface area contributed by atoms with Crippen LogP contribution in [-0.4, -0.2) is 25.7 Å². The third-order valence-electron chi connectivity index (χ3n) is 2.80. The van der Waals surface area contributed by atoms with Crippen LogP contribution in [-0.2, 0) is 11.2 Å². The molecule has 0 aliphatic rings. The van der Waals surface area contributed by atoms with Crippen molar-refractivity contribution in [3.63, 3.8) is 0 Å². The van der Waals surface area contributed by atoms with Crippen molar-refractivity contribution >= 4 is 24.0 Å². The molecule has 0 bridgehead atoms. The highest BCUT2D eigenvalue weighted by atomic mass is 35.5. The highest BCUT2D eigenvalue weighted by Crippen LogP contribution is 2.25. The summed E-state index contributed by atoms with van der Waals surface area (Å²) in [5.74, 6) is -0.181. The van der Waals surface area contributed by atoms with Crippen LogP contribution in [0.2, 0.25) is 0 Å². The molecule has 0 aliphatic heterocycles. The first-order valence-electron chi connectivity index (χ1n) is 6.51. The number of anilines is 1. The van der Waals surface area contributed by atoms with Crippen LogP contribution in [0, 0.1) is 0 Å². The van der Waals surface area contributed by atoms with Crippen LogP contribution >= 0.6 is 12.4 Å². The number of aryl methyl sites for hydroxylation is 1. The fraction of sp³-hybridized carbons (Fsp3) is 0.500. The number of carbonyl (C=O) groups excluding carboxylic acids is 1. The van der Waals surface area contributed by atoms with Gasteiger partial charge in [0.1, 0.15) is 0 Å². The van der Waals surface area contributed by atoms with Crippen molar-refractivity contribution < 1.29 is 18.0 Å². The van der Waals surface area contributed by atoms with Gasteiger partial charge in [-0.05, 0) is 38.1 Å². The zero-order valence-electron chi connectivity index (χ0n) is 11.8. The molecule has 0 aromatic heterocycles. The molecule has 0 heterocycles. The molecule has 0 spiro atoms. The first-order valence-corrected chi connectivity index (χ1v) is 6.51. The lowest BCUT2D eigenvalue weighted by Crippen LogP contribution is -2.16. The molecule has 0 fully saturated rings. The van der Waals surface area contributed by atoms with Gasteiger partial charge in [0.05, 0.1) is 0 Å². The third kappa shape index (κ3) is 8.57. The van der Waals surface area contributed by atoms with E-state index in [1.54, 1.807) is 31.3 Å². The predicted molar refractivity (Wildman–Crippen MR) is 79.9 cm³/mol. The molecule has 2 N–H and O–H groups in total. The number of hydrogen-bond acceptors (Lipinski definition) is 2. The molecule has 0 aliphatic carbocycles. The van der Waals surface area contributed by atoms with Gasteiger partial charge in [-0.25, -0.2) is 0 Å². The Bertz CT molecular complexity index is 438. The number of amides is 1. The highest BCUT2D eigenvalue weighted by Gasteiger charge is 2.26. The maximum Gasteiger partial charge on any atom is 0.389 e. The van der Waals surface area contributed by atoms with Crippen molar-refractivity contribution in [2.24, 2.45) is 0 Å². The minimum atomic E-state index is -4.19. The standard InChI is InChI=1S/C14H19F3N2O.ClH/c1-18-10-4-7-13(20)19-12-6-3-2-5-11(12)8-9-14(15,16)17;/h2-3,5-6,18H,4,7-10H2,1H3,(H,19,20);1H. The summed E-state index contributed by atoms with van der Waals surface area (Å²) in [4.78, 5) is 11.7. The normalized spacial score (nSPS) is 10.9. The van der Waals surface area contributed by atoms with E-state index in [0.717, 1.165) is 6.54 Å². The summed E-state index contributed by atoms with van der Waals surface area (Å²) >= 11 is 0. The average molecular weight is 325 g/mol. The topological polar surface area (TPSA) is 41.1 Å². The summed E-state index contributed by atoms with van der Waals surface area (Å²) in [5.41, 5.74) is 0.970. The van der Waals surface area contributed by atoms with Gasteiger partial charge in [0, 0.05) is 18.5 Å². The van der Waals surface area contributed by atoms with Gasteiger partial charge in [-0.1, -0.05) is 18.2 Å². The summed E-state index contributed by atoms with van der Waals surface area (Å²) in [6, 6.07) is 6.60. The van der Waals surface area contributed by atoms with Gasteiger partial charge in [0.2, 0.25) is 5.91 Å². The third-order valence-corrected chi connectivity index (χ3v) is 2.80. The van der Waals surface area contributed by atoms with E-state index in [9.17, 15) is 18.0 Å². The number of nitrogens with one attached hydrogen (secondary N) is 2. The van der Waals surface area contributed by atoms with Crippen LogP contribution in [0.5, 0.6) is 0 Å². The molecule has 0 saturated heterocycles. The molecule has 1 aromatic carbocycles. The lowest BCUT2D eigenvalue weighted by Gasteiger charge is -2.12. The minimum Gasteiger partial charge on any atom is -0.326 e. The van der Waals surface area contributed by atoms with Crippen molar-refractivity contribution in [3.05, 3.63) is 29.8 Å². The van der Waals surface area contributed by atoms with Gasteiger partial charge in [-0.15, -0.1) is 12.4 Å². The maximum atomic E-state index is 12.2. The lowest BCUT2D eigenvalue weighted by molar-refractivity contribution is -0.133. The summed E-state index contributed by atoms with van der Waals surface area (Å²) in [5, 5.41) is 5.60. The number of hydrogen-bond donors (Lipinski definition) is 2. The molecule has 21 heavy (non-hydrogen) atoms. The fourth-order valence-corrected chi connectivity index (χ4v) is 1.78. The molecule has 0 saturated carbocycles. The second-order valence-corrected chi connectivity index (χ2v) is 4.53. The van der Waals surface area contributed by atoms with Gasteiger partial charge < -0.3 is 10.6 Å². The van der Waals surface area contributed by atoms with Crippen LogP contribution in [0.4, 0.5) is 18.9 Å². The Hall–Kier alpha value is -1.27. The second-order valence-electron chi connectivity index (χ2n) is 4.53. The summed E-state index contributed by atoms with van der Waals surface area (Å²) < 4.78 is 36.7. The lowest BCUT2D eigenvalue weighted by atomic mass is 10.1. The molecular formula is C14H20ClF3N2O. The monoisotopic (exact) mass is 324 g/mol. The smallest absolute Gasteiger partial charge is 0.326 e. The summed E-state index contributed by atoms with van der Waals surface area (Å²) in [6.07, 6.45) is -4.18. The number of rotatable bonds is 7. The van der Waals surface area contributed by atoms with Gasteiger partial charge in [0.15, 0.2) is 0 Å². The maximum absolute atomic E-state index is 12.2. The van der Waals surface area contributed by atoms with E-state index in [2.05, 4.69) is 10.6 Å². The van der Waals surface area contributed by atoms with E-state index in [0.29, 0.717) is 24.1 Å². The number of para-hydroxylation sites is 1. The molecule has 0 radical (unpaired) electrons. The summed E-state index contributed by atoms with van der Waals surface area (Å²) in [6.45, 7) is 0.725. The molecule has 1 amide bonds.